The third-order valence-electron chi connectivity index (χ3n) is 5.28. The first-order chi connectivity index (χ1) is 14.4. The van der Waals surface area contributed by atoms with Crippen molar-refractivity contribution in [2.24, 2.45) is 0 Å². The first-order valence-corrected chi connectivity index (χ1v) is 10.4. The maximum atomic E-state index is 12.8. The number of rotatable bonds is 7. The zero-order valence-corrected chi connectivity index (χ0v) is 17.8. The minimum absolute atomic E-state index is 0.0531. The van der Waals surface area contributed by atoms with Crippen molar-refractivity contribution in [2.75, 3.05) is 32.0 Å². The maximum absolute atomic E-state index is 12.8. The number of ether oxygens (including phenoxy) is 1. The van der Waals surface area contributed by atoms with Gasteiger partial charge in [-0.2, -0.15) is 0 Å². The summed E-state index contributed by atoms with van der Waals surface area (Å²) in [6.07, 6.45) is 1.66. The summed E-state index contributed by atoms with van der Waals surface area (Å²) in [5.74, 6) is 0.353. The van der Waals surface area contributed by atoms with Crippen LogP contribution in [0.2, 0.25) is 5.02 Å². The lowest BCUT2D eigenvalue weighted by molar-refractivity contribution is 0.0903. The highest BCUT2D eigenvalue weighted by Crippen LogP contribution is 2.29. The number of aryl methyl sites for hydroxylation is 1. The number of nitrogen functional groups attached to an aromatic ring is 1. The van der Waals surface area contributed by atoms with Crippen molar-refractivity contribution in [3.05, 3.63) is 52.0 Å². The van der Waals surface area contributed by atoms with Crippen LogP contribution < -0.4 is 15.8 Å². The van der Waals surface area contributed by atoms with E-state index in [1.807, 2.05) is 19.1 Å². The Labute approximate surface area is 181 Å². The van der Waals surface area contributed by atoms with Crippen molar-refractivity contribution in [1.82, 2.24) is 10.2 Å². The molecule has 0 aliphatic carbocycles. The Balaban J connectivity index is 1.57. The van der Waals surface area contributed by atoms with Crippen LogP contribution in [0.5, 0.6) is 11.5 Å². The van der Waals surface area contributed by atoms with E-state index in [1.54, 1.807) is 6.07 Å². The van der Waals surface area contributed by atoms with Gasteiger partial charge in [0.05, 0.1) is 22.9 Å². The van der Waals surface area contributed by atoms with Gasteiger partial charge < -0.3 is 26.0 Å². The highest BCUT2D eigenvalue weighted by atomic mass is 35.5. The molecule has 162 valence electrons. The van der Waals surface area contributed by atoms with Gasteiger partial charge in [0.2, 0.25) is 0 Å². The number of halogens is 1. The van der Waals surface area contributed by atoms with Crippen molar-refractivity contribution >= 4 is 23.2 Å². The molecule has 0 radical (unpaired) electrons. The largest absolute Gasteiger partial charge is 0.508 e. The number of phenols is 1. The molecule has 2 aromatic rings. The number of phenolic OH excluding ortho intramolecular Hbond substituents is 1. The third kappa shape index (κ3) is 5.56. The van der Waals surface area contributed by atoms with E-state index in [-0.39, 0.29) is 30.2 Å². The Morgan fingerprint density at radius 1 is 1.30 bits per heavy atom. The zero-order valence-electron chi connectivity index (χ0n) is 17.0. The Morgan fingerprint density at radius 3 is 2.70 bits per heavy atom. The van der Waals surface area contributed by atoms with E-state index < -0.39 is 0 Å². The molecule has 1 amide bonds. The first kappa shape index (κ1) is 22.2. The van der Waals surface area contributed by atoms with E-state index >= 15 is 0 Å². The number of nitrogens with one attached hydrogen (secondary N) is 1. The average molecular weight is 434 g/mol. The van der Waals surface area contributed by atoms with Crippen LogP contribution >= 0.6 is 11.6 Å². The van der Waals surface area contributed by atoms with Crippen LogP contribution in [-0.2, 0) is 6.54 Å². The lowest BCUT2D eigenvalue weighted by Crippen LogP contribution is -2.44. The lowest BCUT2D eigenvalue weighted by Gasteiger charge is -2.32. The topological polar surface area (TPSA) is 108 Å². The van der Waals surface area contributed by atoms with Crippen LogP contribution in [0.3, 0.4) is 0 Å². The minimum Gasteiger partial charge on any atom is -0.508 e. The van der Waals surface area contributed by atoms with Gasteiger partial charge >= 0.3 is 0 Å². The van der Waals surface area contributed by atoms with Crippen LogP contribution in [0.15, 0.2) is 30.3 Å². The number of carbonyl (C=O) groups excluding carboxylic acids is 1. The summed E-state index contributed by atoms with van der Waals surface area (Å²) in [5, 5.41) is 22.0. The molecule has 2 aromatic carbocycles. The van der Waals surface area contributed by atoms with Gasteiger partial charge in [0.15, 0.2) is 0 Å². The maximum Gasteiger partial charge on any atom is 0.255 e. The van der Waals surface area contributed by atoms with Gasteiger partial charge in [-0.1, -0.05) is 23.7 Å². The fourth-order valence-electron chi connectivity index (χ4n) is 3.59. The van der Waals surface area contributed by atoms with Gasteiger partial charge in [-0.3, -0.25) is 9.69 Å². The number of hydrogen-bond donors (Lipinski definition) is 4. The Kier molecular flexibility index (Phi) is 7.42. The van der Waals surface area contributed by atoms with Crippen molar-refractivity contribution in [2.45, 2.75) is 32.4 Å². The summed E-state index contributed by atoms with van der Waals surface area (Å²) in [7, 11) is 0. The molecule has 30 heavy (non-hydrogen) atoms. The molecule has 1 fully saturated rings. The predicted molar refractivity (Wildman–Crippen MR) is 117 cm³/mol. The standard InChI is InChI=1S/C22H28ClN3O4/c1-14-10-15(2-3-20(14)28)13-26-6-4-16(5-7-26)25-22(29)17-11-18(23)19(24)12-21(17)30-9-8-27/h2-3,10-12,16,27-28H,4-9,13,24H2,1H3,(H,25,29). The van der Waals surface area contributed by atoms with Gasteiger partial charge in [0.1, 0.15) is 18.1 Å². The monoisotopic (exact) mass is 433 g/mol. The van der Waals surface area contributed by atoms with E-state index in [2.05, 4.69) is 10.2 Å². The lowest BCUT2D eigenvalue weighted by atomic mass is 10.0. The van der Waals surface area contributed by atoms with E-state index in [9.17, 15) is 9.90 Å². The summed E-state index contributed by atoms with van der Waals surface area (Å²) in [6.45, 7) is 4.33. The molecule has 0 spiro atoms. The second-order valence-corrected chi connectivity index (χ2v) is 7.99. The number of carbonyl (C=O) groups is 1. The van der Waals surface area contributed by atoms with Gasteiger partial charge in [0, 0.05) is 31.7 Å². The zero-order chi connectivity index (χ0) is 21.7. The number of piperidine rings is 1. The third-order valence-corrected chi connectivity index (χ3v) is 5.61. The Hall–Kier alpha value is -2.48. The summed E-state index contributed by atoms with van der Waals surface area (Å²) in [5.41, 5.74) is 8.48. The molecule has 0 aromatic heterocycles. The fourth-order valence-corrected chi connectivity index (χ4v) is 3.76. The van der Waals surface area contributed by atoms with E-state index in [4.69, 9.17) is 27.2 Å². The number of amides is 1. The summed E-state index contributed by atoms with van der Waals surface area (Å²) < 4.78 is 5.46. The molecule has 0 atom stereocenters. The van der Waals surface area contributed by atoms with Gasteiger partial charge in [0.25, 0.3) is 5.91 Å². The molecule has 1 saturated heterocycles. The van der Waals surface area contributed by atoms with Gasteiger partial charge in [-0.15, -0.1) is 0 Å². The van der Waals surface area contributed by atoms with Crippen molar-refractivity contribution in [3.63, 3.8) is 0 Å². The minimum atomic E-state index is -0.266. The molecule has 1 aliphatic rings. The molecule has 1 aliphatic heterocycles. The molecule has 3 rings (SSSR count). The van der Waals surface area contributed by atoms with Crippen LogP contribution in [0, 0.1) is 6.92 Å². The number of benzene rings is 2. The number of likely N-dealkylation sites (tertiary alicyclic amines) is 1. The number of nitrogens with zero attached hydrogens (tertiary/aromatic N) is 1. The van der Waals surface area contributed by atoms with E-state index in [0.29, 0.717) is 22.7 Å². The quantitative estimate of drug-likeness (QED) is 0.500. The summed E-state index contributed by atoms with van der Waals surface area (Å²) in [4.78, 5) is 15.1. The summed E-state index contributed by atoms with van der Waals surface area (Å²) >= 11 is 6.09. The molecule has 5 N–H and O–H groups in total. The molecule has 8 heteroatoms. The number of aliphatic hydroxyl groups excluding tert-OH is 1. The van der Waals surface area contributed by atoms with E-state index in [0.717, 1.165) is 43.6 Å². The van der Waals surface area contributed by atoms with Crippen LogP contribution in [0.4, 0.5) is 5.69 Å². The average Bonchev–Trinajstić information content (AvgIpc) is 2.72. The number of anilines is 1. The SMILES string of the molecule is Cc1cc(CN2CCC(NC(=O)c3cc(Cl)c(N)cc3OCCO)CC2)ccc1O. The van der Waals surface area contributed by atoms with Crippen LogP contribution in [0.1, 0.15) is 34.3 Å². The van der Waals surface area contributed by atoms with Gasteiger partial charge in [-0.25, -0.2) is 0 Å². The predicted octanol–water partition coefficient (Wildman–Crippen LogP) is 2.70. The molecule has 0 saturated carbocycles. The van der Waals surface area contributed by atoms with Crippen molar-refractivity contribution in [3.8, 4) is 11.5 Å². The Bertz CT molecular complexity index is 898. The highest BCUT2D eigenvalue weighted by Gasteiger charge is 2.23. The van der Waals surface area contributed by atoms with Crippen LogP contribution in [0.25, 0.3) is 0 Å². The number of hydrogen-bond acceptors (Lipinski definition) is 6. The molecule has 0 bridgehead atoms. The normalized spacial score (nSPS) is 15.2. The van der Waals surface area contributed by atoms with Crippen LogP contribution in [-0.4, -0.2) is 53.4 Å². The number of aromatic hydroxyl groups is 1. The van der Waals surface area contributed by atoms with Gasteiger partial charge in [-0.05, 0) is 43.0 Å². The van der Waals surface area contributed by atoms with Crippen molar-refractivity contribution < 1.29 is 19.7 Å². The summed E-state index contributed by atoms with van der Waals surface area (Å²) in [6, 6.07) is 8.73. The smallest absolute Gasteiger partial charge is 0.255 e. The Morgan fingerprint density at radius 2 is 2.03 bits per heavy atom. The molecular weight excluding hydrogens is 406 g/mol. The van der Waals surface area contributed by atoms with E-state index in [1.165, 1.54) is 12.1 Å². The molecule has 1 heterocycles. The molecular formula is C22H28ClN3O4. The fraction of sp³-hybridized carbons (Fsp3) is 0.409. The molecule has 0 unspecified atom stereocenters. The number of aliphatic hydroxyl groups is 1. The van der Waals surface area contributed by atoms with Crippen molar-refractivity contribution in [1.29, 1.82) is 0 Å². The highest BCUT2D eigenvalue weighted by molar-refractivity contribution is 6.33. The number of nitrogens with two attached hydrogens (primary N) is 1. The first-order valence-electron chi connectivity index (χ1n) is 10.0. The second-order valence-electron chi connectivity index (χ2n) is 7.59. The molecule has 7 nitrogen and oxygen atoms in total. The second kappa shape index (κ2) is 10.0.